The van der Waals surface area contributed by atoms with E-state index in [0.29, 0.717) is 0 Å². The molecule has 0 bridgehead atoms. The number of rotatable bonds is 0. The van der Waals surface area contributed by atoms with Crippen molar-refractivity contribution in [3.63, 3.8) is 0 Å². The minimum Gasteiger partial charge on any atom is -0.300 e. The van der Waals surface area contributed by atoms with Crippen LogP contribution in [0.1, 0.15) is 24.1 Å². The predicted octanol–water partition coefficient (Wildman–Crippen LogP) is 1.33. The number of hydrogen-bond acceptors (Lipinski definition) is 2. The molecule has 1 aliphatic rings. The van der Waals surface area contributed by atoms with E-state index in [-0.39, 0.29) is 5.69 Å². The Labute approximate surface area is 88.0 Å². The van der Waals surface area contributed by atoms with Gasteiger partial charge < -0.3 is 4.57 Å². The van der Waals surface area contributed by atoms with Gasteiger partial charge in [0, 0.05) is 25.4 Å². The summed E-state index contributed by atoms with van der Waals surface area (Å²) in [7, 11) is 3.58. The van der Waals surface area contributed by atoms with Gasteiger partial charge in [-0.15, -0.1) is 0 Å². The molecule has 1 aromatic heterocycles. The molecule has 2 rings (SSSR count). The Hall–Kier alpha value is -0.900. The first-order chi connectivity index (χ1) is 6.63. The Morgan fingerprint density at radius 1 is 1.14 bits per heavy atom. The normalized spacial score (nSPS) is 15.3. The molecule has 0 saturated heterocycles. The molecule has 0 saturated carbocycles. The van der Waals surface area contributed by atoms with E-state index in [1.54, 1.807) is 16.2 Å². The minimum absolute atomic E-state index is 0.00403. The van der Waals surface area contributed by atoms with Gasteiger partial charge in [0.25, 0.3) is 0 Å². The summed E-state index contributed by atoms with van der Waals surface area (Å²) in [5.41, 5.74) is 2.34. The zero-order valence-corrected chi connectivity index (χ0v) is 9.36. The van der Waals surface area contributed by atoms with Crippen LogP contribution in [-0.2, 0) is 26.9 Å². The molecule has 1 aromatic rings. The van der Waals surface area contributed by atoms with Gasteiger partial charge >= 0.3 is 5.69 Å². The van der Waals surface area contributed by atoms with Crippen molar-refractivity contribution in [1.82, 2.24) is 9.13 Å². The molecule has 3 nitrogen and oxygen atoms in total. The van der Waals surface area contributed by atoms with Gasteiger partial charge in [-0.05, 0) is 25.7 Å². The number of aromatic nitrogens is 2. The van der Waals surface area contributed by atoms with Gasteiger partial charge in [-0.1, -0.05) is 12.2 Å². The van der Waals surface area contributed by atoms with Gasteiger partial charge in [-0.25, -0.2) is 4.79 Å². The average molecular weight is 210 g/mol. The van der Waals surface area contributed by atoms with Crippen LogP contribution in [0.4, 0.5) is 0 Å². The second-order valence-corrected chi connectivity index (χ2v) is 4.22. The monoisotopic (exact) mass is 210 g/mol. The summed E-state index contributed by atoms with van der Waals surface area (Å²) in [4.78, 5) is 11.7. The first-order valence-electron chi connectivity index (χ1n) is 4.90. The van der Waals surface area contributed by atoms with Crippen LogP contribution in [0.15, 0.2) is 4.79 Å². The Kier molecular flexibility index (Phi) is 2.31. The van der Waals surface area contributed by atoms with Crippen LogP contribution in [0.3, 0.4) is 0 Å². The topological polar surface area (TPSA) is 26.9 Å². The standard InChI is InChI=1S/C10H14N2OS/c1-11-8-6-4-3-5-7(8)9(14)12(2)10(11)13/h3-6H2,1-2H3. The predicted molar refractivity (Wildman–Crippen MR) is 58.1 cm³/mol. The number of fused-ring (bicyclic) bond motifs is 1. The lowest BCUT2D eigenvalue weighted by Crippen LogP contribution is -2.32. The summed E-state index contributed by atoms with van der Waals surface area (Å²) >= 11 is 5.28. The van der Waals surface area contributed by atoms with E-state index in [1.165, 1.54) is 18.4 Å². The molecule has 76 valence electrons. The first-order valence-corrected chi connectivity index (χ1v) is 5.31. The quantitative estimate of drug-likeness (QED) is 0.604. The van der Waals surface area contributed by atoms with Crippen molar-refractivity contribution in [2.45, 2.75) is 25.7 Å². The highest BCUT2D eigenvalue weighted by Crippen LogP contribution is 2.19. The summed E-state index contributed by atoms with van der Waals surface area (Å²) in [5.74, 6) is 0. The van der Waals surface area contributed by atoms with Crippen LogP contribution in [0.25, 0.3) is 0 Å². The van der Waals surface area contributed by atoms with Gasteiger partial charge in [0.05, 0.1) is 0 Å². The summed E-state index contributed by atoms with van der Waals surface area (Å²) in [5, 5.41) is 0. The zero-order valence-electron chi connectivity index (χ0n) is 8.54. The second kappa shape index (κ2) is 3.35. The maximum absolute atomic E-state index is 11.7. The highest BCUT2D eigenvalue weighted by molar-refractivity contribution is 7.71. The van der Waals surface area contributed by atoms with Crippen LogP contribution < -0.4 is 5.69 Å². The molecular weight excluding hydrogens is 196 g/mol. The molecular formula is C10H14N2OS. The van der Waals surface area contributed by atoms with E-state index < -0.39 is 0 Å². The van der Waals surface area contributed by atoms with E-state index in [2.05, 4.69) is 0 Å². The number of hydrogen-bond donors (Lipinski definition) is 0. The molecule has 0 unspecified atom stereocenters. The lowest BCUT2D eigenvalue weighted by molar-refractivity contribution is 0.577. The molecule has 0 radical (unpaired) electrons. The largest absolute Gasteiger partial charge is 0.328 e. The van der Waals surface area contributed by atoms with Crippen LogP contribution >= 0.6 is 12.2 Å². The molecule has 0 amide bonds. The van der Waals surface area contributed by atoms with Gasteiger partial charge in [-0.2, -0.15) is 0 Å². The maximum Gasteiger partial charge on any atom is 0.328 e. The molecule has 0 fully saturated rings. The van der Waals surface area contributed by atoms with Crippen molar-refractivity contribution in [2.24, 2.45) is 14.1 Å². The van der Waals surface area contributed by atoms with Crippen molar-refractivity contribution < 1.29 is 0 Å². The van der Waals surface area contributed by atoms with E-state index in [1.807, 2.05) is 7.05 Å². The van der Waals surface area contributed by atoms with Gasteiger partial charge in [0.15, 0.2) is 0 Å². The fourth-order valence-electron chi connectivity index (χ4n) is 2.12. The SMILES string of the molecule is Cn1c2c(c(=S)n(C)c1=O)CCCC2. The third kappa shape index (κ3) is 1.25. The molecule has 1 aliphatic carbocycles. The molecule has 0 N–H and O–H groups in total. The third-order valence-corrected chi connectivity index (χ3v) is 3.50. The minimum atomic E-state index is -0.00403. The van der Waals surface area contributed by atoms with Crippen molar-refractivity contribution in [3.8, 4) is 0 Å². The van der Waals surface area contributed by atoms with E-state index in [9.17, 15) is 4.79 Å². The fourth-order valence-corrected chi connectivity index (χ4v) is 2.42. The van der Waals surface area contributed by atoms with Crippen molar-refractivity contribution in [1.29, 1.82) is 0 Å². The van der Waals surface area contributed by atoms with Gasteiger partial charge in [-0.3, -0.25) is 4.57 Å². The zero-order chi connectivity index (χ0) is 10.3. The Bertz CT molecular complexity index is 484. The Balaban J connectivity index is 2.85. The first kappa shape index (κ1) is 9.65. The highest BCUT2D eigenvalue weighted by atomic mass is 32.1. The van der Waals surface area contributed by atoms with Crippen LogP contribution in [0.5, 0.6) is 0 Å². The van der Waals surface area contributed by atoms with Gasteiger partial charge in [0.2, 0.25) is 0 Å². The smallest absolute Gasteiger partial charge is 0.300 e. The lowest BCUT2D eigenvalue weighted by Gasteiger charge is -2.20. The van der Waals surface area contributed by atoms with Crippen molar-refractivity contribution in [2.75, 3.05) is 0 Å². The summed E-state index contributed by atoms with van der Waals surface area (Å²) < 4.78 is 4.03. The van der Waals surface area contributed by atoms with Crippen LogP contribution in [0.2, 0.25) is 0 Å². The number of nitrogens with zero attached hydrogens (tertiary/aromatic N) is 2. The molecule has 0 spiro atoms. The van der Waals surface area contributed by atoms with E-state index >= 15 is 0 Å². The second-order valence-electron chi connectivity index (χ2n) is 3.84. The summed E-state index contributed by atoms with van der Waals surface area (Å²) in [6, 6.07) is 0. The van der Waals surface area contributed by atoms with E-state index in [0.717, 1.165) is 23.2 Å². The van der Waals surface area contributed by atoms with Crippen molar-refractivity contribution in [3.05, 3.63) is 26.4 Å². The van der Waals surface area contributed by atoms with Crippen molar-refractivity contribution >= 4 is 12.2 Å². The van der Waals surface area contributed by atoms with Crippen LogP contribution in [-0.4, -0.2) is 9.13 Å². The van der Waals surface area contributed by atoms with E-state index in [4.69, 9.17) is 12.2 Å². The Morgan fingerprint density at radius 3 is 2.50 bits per heavy atom. The van der Waals surface area contributed by atoms with Crippen LogP contribution in [0, 0.1) is 4.64 Å². The molecule has 0 aromatic carbocycles. The fraction of sp³-hybridized carbons (Fsp3) is 0.600. The van der Waals surface area contributed by atoms with Gasteiger partial charge in [0.1, 0.15) is 4.64 Å². The molecule has 0 atom stereocenters. The summed E-state index contributed by atoms with van der Waals surface area (Å²) in [6.45, 7) is 0. The molecule has 1 heterocycles. The molecule has 0 aliphatic heterocycles. The summed E-state index contributed by atoms with van der Waals surface area (Å²) in [6.07, 6.45) is 4.37. The molecule has 14 heavy (non-hydrogen) atoms. The highest BCUT2D eigenvalue weighted by Gasteiger charge is 2.15. The Morgan fingerprint density at radius 2 is 1.79 bits per heavy atom. The third-order valence-electron chi connectivity index (χ3n) is 2.98. The molecule has 4 heteroatoms. The maximum atomic E-state index is 11.7. The average Bonchev–Trinajstić information content (AvgIpc) is 2.23. The lowest BCUT2D eigenvalue weighted by atomic mass is 9.97.